The quantitative estimate of drug-likeness (QED) is 0.692. The third-order valence-corrected chi connectivity index (χ3v) is 2.37. The Labute approximate surface area is 88.1 Å². The monoisotopic (exact) mass is 202 g/mol. The number of thiophene rings is 1. The lowest BCUT2D eigenvalue weighted by Crippen LogP contribution is -1.69. The molecule has 0 spiro atoms. The van der Waals surface area contributed by atoms with Crippen molar-refractivity contribution in [1.29, 1.82) is 0 Å². The Morgan fingerprint density at radius 2 is 2.29 bits per heavy atom. The van der Waals surface area contributed by atoms with Crippen LogP contribution in [0.4, 0.5) is 0 Å². The summed E-state index contributed by atoms with van der Waals surface area (Å²) >= 11 is 1.49. The number of aliphatic hydroxyl groups excluding tert-OH is 1. The summed E-state index contributed by atoms with van der Waals surface area (Å²) in [5, 5.41) is 8.82. The third kappa shape index (κ3) is 3.49. The number of aliphatic hydroxyl groups is 1. The molecule has 2 heteroatoms. The first-order chi connectivity index (χ1) is 6.86. The summed E-state index contributed by atoms with van der Waals surface area (Å²) in [5.74, 6) is 11.1. The number of hydrogen-bond donors (Lipinski definition) is 1. The molecular formula is C12H10OS. The lowest BCUT2D eigenvalue weighted by molar-refractivity contribution is 0.285. The third-order valence-electron chi connectivity index (χ3n) is 1.39. The summed E-state index contributed by atoms with van der Waals surface area (Å²) in [5.41, 5.74) is 0. The van der Waals surface area contributed by atoms with Gasteiger partial charge < -0.3 is 5.11 Å². The van der Waals surface area contributed by atoms with Gasteiger partial charge in [0.2, 0.25) is 0 Å². The van der Waals surface area contributed by atoms with Crippen molar-refractivity contribution in [2.45, 2.75) is 13.5 Å². The zero-order valence-corrected chi connectivity index (χ0v) is 8.69. The molecule has 0 aliphatic heterocycles. The highest BCUT2D eigenvalue weighted by Crippen LogP contribution is 2.14. The SMILES string of the molecule is C/C=C/C#CC#Cc1ccc(CO)s1. The average Bonchev–Trinajstić information content (AvgIpc) is 2.65. The van der Waals surface area contributed by atoms with Crippen LogP contribution in [-0.4, -0.2) is 5.11 Å². The largest absolute Gasteiger partial charge is 0.391 e. The van der Waals surface area contributed by atoms with Crippen LogP contribution in [0.5, 0.6) is 0 Å². The minimum Gasteiger partial charge on any atom is -0.391 e. The second-order valence-electron chi connectivity index (χ2n) is 2.44. The fourth-order valence-corrected chi connectivity index (χ4v) is 1.51. The van der Waals surface area contributed by atoms with E-state index in [0.29, 0.717) is 0 Å². The lowest BCUT2D eigenvalue weighted by Gasteiger charge is -1.80. The van der Waals surface area contributed by atoms with Crippen LogP contribution in [0.3, 0.4) is 0 Å². The molecule has 0 radical (unpaired) electrons. The average molecular weight is 202 g/mol. The van der Waals surface area contributed by atoms with Crippen LogP contribution in [0.15, 0.2) is 24.3 Å². The Hall–Kier alpha value is -1.48. The van der Waals surface area contributed by atoms with Crippen LogP contribution in [0, 0.1) is 23.7 Å². The highest BCUT2D eigenvalue weighted by molar-refractivity contribution is 7.12. The molecule has 1 aromatic rings. The molecule has 0 aliphatic carbocycles. The predicted octanol–water partition coefficient (Wildman–Crippen LogP) is 2.17. The Balaban J connectivity index is 2.65. The van der Waals surface area contributed by atoms with E-state index < -0.39 is 0 Å². The van der Waals surface area contributed by atoms with Gasteiger partial charge in [0.05, 0.1) is 11.5 Å². The van der Waals surface area contributed by atoms with Gasteiger partial charge in [-0.15, -0.1) is 11.3 Å². The van der Waals surface area contributed by atoms with Gasteiger partial charge in [-0.25, -0.2) is 0 Å². The molecule has 1 heterocycles. The number of rotatable bonds is 1. The Kier molecular flexibility index (Phi) is 4.58. The fourth-order valence-electron chi connectivity index (χ4n) is 0.784. The van der Waals surface area contributed by atoms with Crippen LogP contribution in [0.1, 0.15) is 16.7 Å². The van der Waals surface area contributed by atoms with Crippen molar-refractivity contribution in [2.75, 3.05) is 0 Å². The van der Waals surface area contributed by atoms with Gasteiger partial charge in [0.15, 0.2) is 0 Å². The highest BCUT2D eigenvalue weighted by Gasteiger charge is 1.93. The molecule has 1 rings (SSSR count). The molecule has 0 saturated carbocycles. The van der Waals surface area contributed by atoms with E-state index in [2.05, 4.69) is 23.7 Å². The zero-order chi connectivity index (χ0) is 10.2. The minimum atomic E-state index is 0.0800. The van der Waals surface area contributed by atoms with Gasteiger partial charge >= 0.3 is 0 Å². The van der Waals surface area contributed by atoms with Crippen LogP contribution in [-0.2, 0) is 6.61 Å². The Morgan fingerprint density at radius 1 is 1.43 bits per heavy atom. The lowest BCUT2D eigenvalue weighted by atomic mass is 10.4. The van der Waals surface area contributed by atoms with E-state index in [9.17, 15) is 0 Å². The molecule has 0 unspecified atom stereocenters. The second-order valence-corrected chi connectivity index (χ2v) is 3.61. The van der Waals surface area contributed by atoms with E-state index in [4.69, 9.17) is 5.11 Å². The van der Waals surface area contributed by atoms with Gasteiger partial charge in [0, 0.05) is 4.88 Å². The van der Waals surface area contributed by atoms with Crippen LogP contribution in [0.25, 0.3) is 0 Å². The number of allylic oxidation sites excluding steroid dienone is 2. The maximum atomic E-state index is 8.82. The summed E-state index contributed by atoms with van der Waals surface area (Å²) < 4.78 is 0. The first-order valence-corrected chi connectivity index (χ1v) is 5.00. The second kappa shape index (κ2) is 6.05. The van der Waals surface area contributed by atoms with Crippen molar-refractivity contribution in [3.63, 3.8) is 0 Å². The molecule has 0 aliphatic rings. The van der Waals surface area contributed by atoms with Gasteiger partial charge in [0.25, 0.3) is 0 Å². The van der Waals surface area contributed by atoms with E-state index in [1.165, 1.54) is 11.3 Å². The van der Waals surface area contributed by atoms with E-state index in [1.54, 1.807) is 6.08 Å². The van der Waals surface area contributed by atoms with E-state index in [0.717, 1.165) is 9.75 Å². The molecule has 0 amide bonds. The van der Waals surface area contributed by atoms with Crippen LogP contribution >= 0.6 is 11.3 Å². The van der Waals surface area contributed by atoms with Gasteiger partial charge in [-0.3, -0.25) is 0 Å². The molecule has 1 nitrogen and oxygen atoms in total. The molecule has 1 N–H and O–H groups in total. The first-order valence-electron chi connectivity index (χ1n) is 4.19. The van der Waals surface area contributed by atoms with Gasteiger partial charge in [0.1, 0.15) is 0 Å². The molecule has 70 valence electrons. The smallest absolute Gasteiger partial charge is 0.0782 e. The number of hydrogen-bond acceptors (Lipinski definition) is 2. The van der Waals surface area contributed by atoms with Crippen molar-refractivity contribution >= 4 is 11.3 Å². The van der Waals surface area contributed by atoms with Crippen molar-refractivity contribution in [3.8, 4) is 23.7 Å². The summed E-state index contributed by atoms with van der Waals surface area (Å²) in [6.07, 6.45) is 3.62. The normalized spacial score (nSPS) is 9.00. The first kappa shape index (κ1) is 10.6. The van der Waals surface area contributed by atoms with Crippen LogP contribution < -0.4 is 0 Å². The van der Waals surface area contributed by atoms with E-state index in [1.807, 2.05) is 25.1 Å². The van der Waals surface area contributed by atoms with Crippen LogP contribution in [0.2, 0.25) is 0 Å². The maximum absolute atomic E-state index is 8.82. The molecule has 0 saturated heterocycles. The minimum absolute atomic E-state index is 0.0800. The van der Waals surface area contributed by atoms with Gasteiger partial charge in [-0.1, -0.05) is 12.0 Å². The molecule has 0 atom stereocenters. The Morgan fingerprint density at radius 3 is 2.93 bits per heavy atom. The predicted molar refractivity (Wildman–Crippen MR) is 59.7 cm³/mol. The zero-order valence-electron chi connectivity index (χ0n) is 7.87. The topological polar surface area (TPSA) is 20.2 Å². The molecule has 0 aromatic carbocycles. The molecule has 0 fully saturated rings. The molecule has 0 bridgehead atoms. The summed E-state index contributed by atoms with van der Waals surface area (Å²) in [7, 11) is 0. The highest BCUT2D eigenvalue weighted by atomic mass is 32.1. The fraction of sp³-hybridized carbons (Fsp3) is 0.167. The Bertz CT molecular complexity index is 432. The van der Waals surface area contributed by atoms with Crippen molar-refractivity contribution in [1.82, 2.24) is 0 Å². The molecule has 1 aromatic heterocycles. The molecule has 14 heavy (non-hydrogen) atoms. The van der Waals surface area contributed by atoms with Crippen molar-refractivity contribution < 1.29 is 5.11 Å². The summed E-state index contributed by atoms with van der Waals surface area (Å²) in [6, 6.07) is 3.76. The summed E-state index contributed by atoms with van der Waals surface area (Å²) in [6.45, 7) is 1.99. The van der Waals surface area contributed by atoms with Gasteiger partial charge in [-0.05, 0) is 42.9 Å². The molecular weight excluding hydrogens is 192 g/mol. The van der Waals surface area contributed by atoms with E-state index >= 15 is 0 Å². The standard InChI is InChI=1S/C12H10OS/c1-2-3-4-5-6-7-11-8-9-12(10-13)14-11/h2-3,8-9,13H,10H2,1H3/b3-2+. The van der Waals surface area contributed by atoms with Crippen molar-refractivity contribution in [2.24, 2.45) is 0 Å². The van der Waals surface area contributed by atoms with Gasteiger partial charge in [-0.2, -0.15) is 0 Å². The van der Waals surface area contributed by atoms with E-state index in [-0.39, 0.29) is 6.61 Å². The van der Waals surface area contributed by atoms with Crippen molar-refractivity contribution in [3.05, 3.63) is 34.0 Å². The summed E-state index contributed by atoms with van der Waals surface area (Å²) in [4.78, 5) is 1.86. The maximum Gasteiger partial charge on any atom is 0.0782 e.